The van der Waals surface area contributed by atoms with Crippen LogP contribution in [0.3, 0.4) is 0 Å². The Hall–Kier alpha value is -3.24. The molecule has 5 heteroatoms. The van der Waals surface area contributed by atoms with Gasteiger partial charge in [-0.25, -0.2) is 0 Å². The lowest BCUT2D eigenvalue weighted by Crippen LogP contribution is -2.15. The van der Waals surface area contributed by atoms with Crippen LogP contribution in [0.15, 0.2) is 82.0 Å². The summed E-state index contributed by atoms with van der Waals surface area (Å²) in [6.07, 6.45) is 0. The van der Waals surface area contributed by atoms with Crippen molar-refractivity contribution in [3.63, 3.8) is 0 Å². The van der Waals surface area contributed by atoms with Gasteiger partial charge in [-0.05, 0) is 61.0 Å². The lowest BCUT2D eigenvalue weighted by Gasteiger charge is -2.12. The van der Waals surface area contributed by atoms with Crippen molar-refractivity contribution in [1.82, 2.24) is 0 Å². The first-order valence-corrected chi connectivity index (χ1v) is 9.64. The molecule has 0 spiro atoms. The Bertz CT molecular complexity index is 1180. The van der Waals surface area contributed by atoms with E-state index in [0.29, 0.717) is 33.9 Å². The Morgan fingerprint density at radius 3 is 2.38 bits per heavy atom. The van der Waals surface area contributed by atoms with Crippen LogP contribution in [0.1, 0.15) is 5.56 Å². The van der Waals surface area contributed by atoms with Gasteiger partial charge in [0.25, 0.3) is 0 Å². The number of para-hydroxylation sites is 1. The molecule has 4 aromatic rings. The molecule has 0 fully saturated rings. The van der Waals surface area contributed by atoms with Crippen LogP contribution in [-0.2, 0) is 0 Å². The van der Waals surface area contributed by atoms with E-state index in [9.17, 15) is 4.79 Å². The molecule has 1 aromatic heterocycles. The van der Waals surface area contributed by atoms with E-state index in [-0.39, 0.29) is 17.8 Å². The number of hydrogen-bond donors (Lipinski definition) is 0. The van der Waals surface area contributed by atoms with Crippen molar-refractivity contribution in [3.8, 4) is 22.8 Å². The Balaban J connectivity index is 1.67. The maximum Gasteiger partial charge on any atom is 0.235 e. The second-order valence-corrected chi connectivity index (χ2v) is 7.04. The minimum Gasteiger partial charge on any atom is -0.490 e. The summed E-state index contributed by atoms with van der Waals surface area (Å²) < 4.78 is 17.6. The standard InChI is InChI=1S/C24H19ClO4/c1-16-7-12-20-21(15-16)29-23(17-8-10-18(25)11-9-17)24(22(20)26)28-14-13-27-19-5-3-2-4-6-19/h2-12,15H,13-14H2,1H3. The van der Waals surface area contributed by atoms with E-state index >= 15 is 0 Å². The van der Waals surface area contributed by atoms with Gasteiger partial charge in [0.1, 0.15) is 24.5 Å². The van der Waals surface area contributed by atoms with Gasteiger partial charge < -0.3 is 13.9 Å². The third-order valence-corrected chi connectivity index (χ3v) is 4.71. The third kappa shape index (κ3) is 4.28. The average Bonchev–Trinajstić information content (AvgIpc) is 2.73. The summed E-state index contributed by atoms with van der Waals surface area (Å²) >= 11 is 6.01. The average molecular weight is 407 g/mol. The molecule has 0 radical (unpaired) electrons. The molecular weight excluding hydrogens is 388 g/mol. The highest BCUT2D eigenvalue weighted by Gasteiger charge is 2.18. The number of rotatable bonds is 6. The number of ether oxygens (including phenoxy) is 2. The van der Waals surface area contributed by atoms with Crippen LogP contribution in [0.2, 0.25) is 5.02 Å². The summed E-state index contributed by atoms with van der Waals surface area (Å²) in [6, 6.07) is 22.0. The topological polar surface area (TPSA) is 48.7 Å². The summed E-state index contributed by atoms with van der Waals surface area (Å²) in [4.78, 5) is 13.1. The molecule has 0 atom stereocenters. The molecule has 29 heavy (non-hydrogen) atoms. The Morgan fingerprint density at radius 2 is 1.62 bits per heavy atom. The fraction of sp³-hybridized carbons (Fsp3) is 0.125. The molecule has 0 aliphatic heterocycles. The van der Waals surface area contributed by atoms with Crippen LogP contribution >= 0.6 is 11.6 Å². The number of benzene rings is 3. The van der Waals surface area contributed by atoms with Crippen molar-refractivity contribution in [3.05, 3.63) is 93.6 Å². The summed E-state index contributed by atoms with van der Waals surface area (Å²) in [7, 11) is 0. The molecule has 0 saturated carbocycles. The fourth-order valence-electron chi connectivity index (χ4n) is 3.03. The summed E-state index contributed by atoms with van der Waals surface area (Å²) in [6.45, 7) is 2.46. The highest BCUT2D eigenvalue weighted by Crippen LogP contribution is 2.32. The molecule has 0 amide bonds. The van der Waals surface area contributed by atoms with E-state index in [0.717, 1.165) is 11.3 Å². The number of hydrogen-bond acceptors (Lipinski definition) is 4. The molecule has 0 aliphatic carbocycles. The van der Waals surface area contributed by atoms with E-state index in [4.69, 9.17) is 25.5 Å². The Labute approximate surface area is 173 Å². The van der Waals surface area contributed by atoms with Crippen molar-refractivity contribution < 1.29 is 13.9 Å². The van der Waals surface area contributed by atoms with Gasteiger partial charge in [-0.1, -0.05) is 35.9 Å². The zero-order valence-electron chi connectivity index (χ0n) is 15.9. The van der Waals surface area contributed by atoms with Gasteiger partial charge in [-0.2, -0.15) is 0 Å². The lowest BCUT2D eigenvalue weighted by molar-refractivity contribution is 0.214. The summed E-state index contributed by atoms with van der Waals surface area (Å²) in [5.74, 6) is 1.29. The predicted molar refractivity (Wildman–Crippen MR) is 115 cm³/mol. The van der Waals surface area contributed by atoms with Gasteiger partial charge in [-0.15, -0.1) is 0 Å². The first-order valence-electron chi connectivity index (χ1n) is 9.26. The van der Waals surface area contributed by atoms with Gasteiger partial charge in [0, 0.05) is 10.6 Å². The first kappa shape index (κ1) is 19.1. The van der Waals surface area contributed by atoms with E-state index in [1.165, 1.54) is 0 Å². The van der Waals surface area contributed by atoms with Gasteiger partial charge in [0.15, 0.2) is 5.76 Å². The van der Waals surface area contributed by atoms with Gasteiger partial charge >= 0.3 is 0 Å². The second-order valence-electron chi connectivity index (χ2n) is 6.61. The maximum atomic E-state index is 13.1. The maximum absolute atomic E-state index is 13.1. The second kappa shape index (κ2) is 8.41. The monoisotopic (exact) mass is 406 g/mol. The summed E-state index contributed by atoms with van der Waals surface area (Å²) in [5.41, 5.74) is 2.03. The highest BCUT2D eigenvalue weighted by atomic mass is 35.5. The largest absolute Gasteiger partial charge is 0.490 e. The molecule has 3 aromatic carbocycles. The van der Waals surface area contributed by atoms with Crippen molar-refractivity contribution in [2.75, 3.05) is 13.2 Å². The van der Waals surface area contributed by atoms with Crippen LogP contribution < -0.4 is 14.9 Å². The fourth-order valence-corrected chi connectivity index (χ4v) is 3.15. The van der Waals surface area contributed by atoms with Crippen LogP contribution in [0.5, 0.6) is 11.5 Å². The van der Waals surface area contributed by atoms with Crippen molar-refractivity contribution in [2.45, 2.75) is 6.92 Å². The minimum absolute atomic E-state index is 0.167. The molecule has 0 bridgehead atoms. The zero-order chi connectivity index (χ0) is 20.2. The van der Waals surface area contributed by atoms with Crippen LogP contribution in [0, 0.1) is 6.92 Å². The molecule has 0 aliphatic rings. The van der Waals surface area contributed by atoms with Crippen molar-refractivity contribution in [2.24, 2.45) is 0 Å². The molecule has 1 heterocycles. The van der Waals surface area contributed by atoms with Crippen LogP contribution in [0.4, 0.5) is 0 Å². The molecule has 0 N–H and O–H groups in total. The van der Waals surface area contributed by atoms with E-state index in [2.05, 4.69) is 0 Å². The normalized spacial score (nSPS) is 10.8. The molecule has 4 nitrogen and oxygen atoms in total. The molecule has 0 saturated heterocycles. The van der Waals surface area contributed by atoms with Gasteiger partial charge in [0.2, 0.25) is 11.2 Å². The quantitative estimate of drug-likeness (QED) is 0.375. The summed E-state index contributed by atoms with van der Waals surface area (Å²) in [5, 5.41) is 1.08. The van der Waals surface area contributed by atoms with Gasteiger partial charge in [-0.3, -0.25) is 4.79 Å². The Kier molecular flexibility index (Phi) is 5.54. The van der Waals surface area contributed by atoms with Crippen LogP contribution in [0.25, 0.3) is 22.3 Å². The smallest absolute Gasteiger partial charge is 0.235 e. The van der Waals surface area contributed by atoms with E-state index < -0.39 is 0 Å². The third-order valence-electron chi connectivity index (χ3n) is 4.45. The SMILES string of the molecule is Cc1ccc2c(=O)c(OCCOc3ccccc3)c(-c3ccc(Cl)cc3)oc2c1. The first-order chi connectivity index (χ1) is 14.1. The molecule has 0 unspecified atom stereocenters. The Morgan fingerprint density at radius 1 is 0.897 bits per heavy atom. The zero-order valence-corrected chi connectivity index (χ0v) is 16.6. The molecule has 4 rings (SSSR count). The number of fused-ring (bicyclic) bond motifs is 1. The molecule has 146 valence electrons. The van der Waals surface area contributed by atoms with Crippen molar-refractivity contribution >= 4 is 22.6 Å². The number of halogens is 1. The predicted octanol–water partition coefficient (Wildman–Crippen LogP) is 5.88. The minimum atomic E-state index is -0.212. The molecular formula is C24H19ClO4. The van der Waals surface area contributed by atoms with Gasteiger partial charge in [0.05, 0.1) is 5.39 Å². The number of aryl methyl sites for hydroxylation is 1. The van der Waals surface area contributed by atoms with E-state index in [1.54, 1.807) is 30.3 Å². The highest BCUT2D eigenvalue weighted by molar-refractivity contribution is 6.30. The van der Waals surface area contributed by atoms with E-state index in [1.807, 2.05) is 49.4 Å². The van der Waals surface area contributed by atoms with Crippen LogP contribution in [-0.4, -0.2) is 13.2 Å². The lowest BCUT2D eigenvalue weighted by atomic mass is 10.1. The van der Waals surface area contributed by atoms with Crippen molar-refractivity contribution in [1.29, 1.82) is 0 Å².